The molecule has 0 aliphatic heterocycles. The number of rotatable bonds is 7. The van der Waals surface area contributed by atoms with Gasteiger partial charge in [-0.15, -0.1) is 0 Å². The van der Waals surface area contributed by atoms with Crippen molar-refractivity contribution in [3.63, 3.8) is 0 Å². The second-order valence-electron chi connectivity index (χ2n) is 5.47. The van der Waals surface area contributed by atoms with Crippen LogP contribution in [0.25, 0.3) is 0 Å². The molecule has 1 saturated carbocycles. The van der Waals surface area contributed by atoms with Crippen molar-refractivity contribution >= 4 is 11.9 Å². The SMILES string of the molecule is CN(OCC1CC2C=CC1C2)C(=O)CCCC(=O)O. The summed E-state index contributed by atoms with van der Waals surface area (Å²) in [6, 6.07) is 0. The Kier molecular flexibility index (Phi) is 4.58. The van der Waals surface area contributed by atoms with Crippen LogP contribution in [-0.2, 0) is 14.4 Å². The van der Waals surface area contributed by atoms with Crippen LogP contribution >= 0.6 is 0 Å². The number of fused-ring (bicyclic) bond motifs is 2. The summed E-state index contributed by atoms with van der Waals surface area (Å²) in [5.41, 5.74) is 0. The fraction of sp³-hybridized carbons (Fsp3) is 0.714. The van der Waals surface area contributed by atoms with Crippen molar-refractivity contribution in [1.29, 1.82) is 0 Å². The Bertz CT molecular complexity index is 380. The number of hydrogen-bond acceptors (Lipinski definition) is 3. The van der Waals surface area contributed by atoms with Gasteiger partial charge in [-0.2, -0.15) is 0 Å². The first-order chi connectivity index (χ1) is 9.06. The number of allylic oxidation sites excluding steroid dienone is 2. The van der Waals surface area contributed by atoms with Crippen LogP contribution < -0.4 is 0 Å². The first-order valence-electron chi connectivity index (χ1n) is 6.86. The fourth-order valence-electron chi connectivity index (χ4n) is 2.91. The number of carbonyl (C=O) groups is 2. The molecule has 1 amide bonds. The molecule has 106 valence electrons. The summed E-state index contributed by atoms with van der Waals surface area (Å²) in [5.74, 6) is 0.810. The van der Waals surface area contributed by atoms with Crippen LogP contribution in [0.15, 0.2) is 12.2 Å². The van der Waals surface area contributed by atoms with Gasteiger partial charge in [0.2, 0.25) is 5.91 Å². The number of amides is 1. The Labute approximate surface area is 113 Å². The molecule has 5 heteroatoms. The van der Waals surface area contributed by atoms with E-state index in [4.69, 9.17) is 9.94 Å². The van der Waals surface area contributed by atoms with Gasteiger partial charge in [-0.25, -0.2) is 5.06 Å². The van der Waals surface area contributed by atoms with E-state index in [0.29, 0.717) is 30.8 Å². The lowest BCUT2D eigenvalue weighted by atomic mass is 9.95. The summed E-state index contributed by atoms with van der Waals surface area (Å²) in [7, 11) is 1.60. The van der Waals surface area contributed by atoms with Gasteiger partial charge in [-0.05, 0) is 37.0 Å². The standard InChI is InChI=1S/C14H21NO4/c1-15(13(16)3-2-4-14(17)18)19-9-12-8-10-5-6-11(12)7-10/h5-6,10-12H,2-4,7-9H2,1H3,(H,17,18). The highest BCUT2D eigenvalue weighted by molar-refractivity contribution is 5.75. The summed E-state index contributed by atoms with van der Waals surface area (Å²) in [4.78, 5) is 27.5. The third-order valence-corrected chi connectivity index (χ3v) is 4.03. The maximum absolute atomic E-state index is 11.7. The van der Waals surface area contributed by atoms with Gasteiger partial charge >= 0.3 is 5.97 Å². The molecule has 1 N–H and O–H groups in total. The van der Waals surface area contributed by atoms with E-state index >= 15 is 0 Å². The van der Waals surface area contributed by atoms with Crippen LogP contribution in [0.5, 0.6) is 0 Å². The van der Waals surface area contributed by atoms with Gasteiger partial charge in [0.25, 0.3) is 0 Å². The number of hydroxylamine groups is 2. The average Bonchev–Trinajstić information content (AvgIpc) is 2.97. The van der Waals surface area contributed by atoms with Crippen LogP contribution in [0.1, 0.15) is 32.1 Å². The normalized spacial score (nSPS) is 27.7. The number of carbonyl (C=O) groups excluding carboxylic acids is 1. The van der Waals surface area contributed by atoms with E-state index in [2.05, 4.69) is 12.2 Å². The number of aliphatic carboxylic acids is 1. The highest BCUT2D eigenvalue weighted by atomic mass is 16.7. The monoisotopic (exact) mass is 267 g/mol. The minimum absolute atomic E-state index is 0.0246. The van der Waals surface area contributed by atoms with Gasteiger partial charge in [-0.3, -0.25) is 14.4 Å². The zero-order chi connectivity index (χ0) is 13.8. The summed E-state index contributed by atoms with van der Waals surface area (Å²) in [6.07, 6.45) is 7.53. The summed E-state index contributed by atoms with van der Waals surface area (Å²) in [6.45, 7) is 0.576. The van der Waals surface area contributed by atoms with Crippen molar-refractivity contribution in [2.45, 2.75) is 32.1 Å². The zero-order valence-electron chi connectivity index (χ0n) is 11.2. The fourth-order valence-corrected chi connectivity index (χ4v) is 2.91. The smallest absolute Gasteiger partial charge is 0.303 e. The van der Waals surface area contributed by atoms with E-state index < -0.39 is 5.97 Å². The first-order valence-corrected chi connectivity index (χ1v) is 6.86. The van der Waals surface area contributed by atoms with Gasteiger partial charge < -0.3 is 5.11 Å². The minimum Gasteiger partial charge on any atom is -0.481 e. The molecule has 0 heterocycles. The molecular weight excluding hydrogens is 246 g/mol. The van der Waals surface area contributed by atoms with E-state index in [1.165, 1.54) is 11.5 Å². The molecule has 2 aliphatic rings. The van der Waals surface area contributed by atoms with Gasteiger partial charge in [0.15, 0.2) is 0 Å². The third-order valence-electron chi connectivity index (χ3n) is 4.03. The van der Waals surface area contributed by atoms with Crippen LogP contribution in [0.4, 0.5) is 0 Å². The largest absolute Gasteiger partial charge is 0.481 e. The lowest BCUT2D eigenvalue weighted by molar-refractivity contribution is -0.183. The molecule has 19 heavy (non-hydrogen) atoms. The van der Waals surface area contributed by atoms with Crippen LogP contribution in [0.3, 0.4) is 0 Å². The van der Waals surface area contributed by atoms with E-state index in [9.17, 15) is 9.59 Å². The van der Waals surface area contributed by atoms with Crippen LogP contribution in [0.2, 0.25) is 0 Å². The summed E-state index contributed by atoms with van der Waals surface area (Å²) < 4.78 is 0. The van der Waals surface area contributed by atoms with Crippen LogP contribution in [0, 0.1) is 17.8 Å². The Balaban J connectivity index is 1.63. The first kappa shape index (κ1) is 14.1. The Morgan fingerprint density at radius 3 is 2.68 bits per heavy atom. The molecule has 0 spiro atoms. The molecule has 2 rings (SSSR count). The molecule has 0 aromatic rings. The second kappa shape index (κ2) is 6.19. The van der Waals surface area contributed by atoms with Crippen molar-refractivity contribution in [3.8, 4) is 0 Å². The predicted molar refractivity (Wildman–Crippen MR) is 69.1 cm³/mol. The summed E-state index contributed by atoms with van der Waals surface area (Å²) in [5, 5.41) is 9.77. The van der Waals surface area contributed by atoms with Crippen molar-refractivity contribution < 1.29 is 19.5 Å². The molecule has 1 fully saturated rings. The van der Waals surface area contributed by atoms with Crippen LogP contribution in [-0.4, -0.2) is 35.7 Å². The van der Waals surface area contributed by atoms with Crippen molar-refractivity contribution in [3.05, 3.63) is 12.2 Å². The molecular formula is C14H21NO4. The van der Waals surface area contributed by atoms with Gasteiger partial charge in [0.05, 0.1) is 6.61 Å². The predicted octanol–water partition coefficient (Wildman–Crippen LogP) is 1.84. The number of hydrogen-bond donors (Lipinski definition) is 1. The molecule has 2 aliphatic carbocycles. The van der Waals surface area contributed by atoms with E-state index in [1.54, 1.807) is 7.05 Å². The van der Waals surface area contributed by atoms with Crippen molar-refractivity contribution in [1.82, 2.24) is 5.06 Å². The third kappa shape index (κ3) is 3.80. The van der Waals surface area contributed by atoms with E-state index in [0.717, 1.165) is 6.42 Å². The van der Waals surface area contributed by atoms with Crippen molar-refractivity contribution in [2.24, 2.45) is 17.8 Å². The molecule has 0 radical (unpaired) electrons. The minimum atomic E-state index is -0.870. The molecule has 2 bridgehead atoms. The molecule has 3 unspecified atom stereocenters. The molecule has 0 aromatic carbocycles. The number of carboxylic acid groups (broad SMARTS) is 1. The Morgan fingerprint density at radius 2 is 2.11 bits per heavy atom. The Morgan fingerprint density at radius 1 is 1.32 bits per heavy atom. The number of nitrogens with zero attached hydrogens (tertiary/aromatic N) is 1. The van der Waals surface area contributed by atoms with Gasteiger partial charge in [0, 0.05) is 19.9 Å². The maximum Gasteiger partial charge on any atom is 0.303 e. The average molecular weight is 267 g/mol. The quantitative estimate of drug-likeness (QED) is 0.564. The van der Waals surface area contributed by atoms with Crippen molar-refractivity contribution in [2.75, 3.05) is 13.7 Å². The molecule has 5 nitrogen and oxygen atoms in total. The highest BCUT2D eigenvalue weighted by Crippen LogP contribution is 2.43. The lowest BCUT2D eigenvalue weighted by Gasteiger charge is -2.22. The number of carboxylic acids is 1. The van der Waals surface area contributed by atoms with Gasteiger partial charge in [0.1, 0.15) is 0 Å². The summed E-state index contributed by atoms with van der Waals surface area (Å²) >= 11 is 0. The second-order valence-corrected chi connectivity index (χ2v) is 5.47. The Hall–Kier alpha value is -1.36. The zero-order valence-corrected chi connectivity index (χ0v) is 11.2. The van der Waals surface area contributed by atoms with E-state index in [1.807, 2.05) is 0 Å². The topological polar surface area (TPSA) is 66.8 Å². The maximum atomic E-state index is 11.7. The molecule has 3 atom stereocenters. The molecule has 0 aromatic heterocycles. The van der Waals surface area contributed by atoms with Gasteiger partial charge in [-0.1, -0.05) is 12.2 Å². The lowest BCUT2D eigenvalue weighted by Crippen LogP contribution is -2.30. The highest BCUT2D eigenvalue weighted by Gasteiger charge is 2.36. The van der Waals surface area contributed by atoms with E-state index in [-0.39, 0.29) is 18.7 Å². The molecule has 0 saturated heterocycles.